The number of anilines is 1. The highest BCUT2D eigenvalue weighted by Crippen LogP contribution is 2.23. The summed E-state index contributed by atoms with van der Waals surface area (Å²) in [6.07, 6.45) is 0. The predicted octanol–water partition coefficient (Wildman–Crippen LogP) is 2.69. The first-order chi connectivity index (χ1) is 9.24. The third-order valence-electron chi connectivity index (χ3n) is 2.80. The highest BCUT2D eigenvalue weighted by Gasteiger charge is 2.12. The lowest BCUT2D eigenvalue weighted by atomic mass is 10.1. The zero-order valence-corrected chi connectivity index (χ0v) is 10.4. The summed E-state index contributed by atoms with van der Waals surface area (Å²) in [5, 5.41) is 3.99. The quantitative estimate of drug-likeness (QED) is 0.758. The summed E-state index contributed by atoms with van der Waals surface area (Å²) in [4.78, 5) is 8.51. The first-order valence-electron chi connectivity index (χ1n) is 5.86. The van der Waals surface area contributed by atoms with Crippen LogP contribution in [0.5, 0.6) is 0 Å². The number of nitrogen functional groups attached to an aromatic ring is 1. The summed E-state index contributed by atoms with van der Waals surface area (Å²) in [5.74, 6) is 1.34. The van der Waals surface area contributed by atoms with Crippen LogP contribution < -0.4 is 5.73 Å². The van der Waals surface area contributed by atoms with Gasteiger partial charge >= 0.3 is 0 Å². The largest absolute Gasteiger partial charge is 0.384 e. The first kappa shape index (κ1) is 11.4. The second-order valence-electron chi connectivity index (χ2n) is 4.19. The maximum Gasteiger partial charge on any atom is 0.276 e. The standard InChI is InChI=1S/C14H12N4O/c1-9-5-2-3-6-10(9)13-17-14(19-18-13)11-7-4-8-12(15)16-11/h2-8H,1H3,(H2,15,16). The Morgan fingerprint density at radius 1 is 1.00 bits per heavy atom. The van der Waals surface area contributed by atoms with Crippen LogP contribution in [0.15, 0.2) is 47.0 Å². The molecule has 5 nitrogen and oxygen atoms in total. The van der Waals surface area contributed by atoms with Crippen molar-refractivity contribution in [3.63, 3.8) is 0 Å². The van der Waals surface area contributed by atoms with Gasteiger partial charge in [0.05, 0.1) is 0 Å². The molecule has 3 aromatic rings. The summed E-state index contributed by atoms with van der Waals surface area (Å²) < 4.78 is 5.24. The summed E-state index contributed by atoms with van der Waals surface area (Å²) in [6.45, 7) is 2.00. The lowest BCUT2D eigenvalue weighted by Crippen LogP contribution is -1.91. The summed E-state index contributed by atoms with van der Waals surface area (Å²) in [5.41, 5.74) is 8.25. The van der Waals surface area contributed by atoms with E-state index in [9.17, 15) is 0 Å². The third-order valence-corrected chi connectivity index (χ3v) is 2.80. The van der Waals surface area contributed by atoms with Gasteiger partial charge in [0.25, 0.3) is 5.89 Å². The molecule has 0 unspecified atom stereocenters. The number of benzene rings is 1. The number of aryl methyl sites for hydroxylation is 1. The fourth-order valence-electron chi connectivity index (χ4n) is 1.83. The molecule has 2 aromatic heterocycles. The van der Waals surface area contributed by atoms with E-state index in [2.05, 4.69) is 15.1 Å². The SMILES string of the molecule is Cc1ccccc1-c1noc(-c2cccc(N)n2)n1. The molecule has 0 fully saturated rings. The molecule has 0 aliphatic rings. The first-order valence-corrected chi connectivity index (χ1v) is 5.86. The number of hydrogen-bond donors (Lipinski definition) is 1. The Kier molecular flexibility index (Phi) is 2.72. The Morgan fingerprint density at radius 2 is 1.84 bits per heavy atom. The number of nitrogens with zero attached hydrogens (tertiary/aromatic N) is 3. The van der Waals surface area contributed by atoms with E-state index >= 15 is 0 Å². The van der Waals surface area contributed by atoms with E-state index in [4.69, 9.17) is 10.3 Å². The topological polar surface area (TPSA) is 77.8 Å². The Morgan fingerprint density at radius 3 is 2.63 bits per heavy atom. The molecule has 0 saturated heterocycles. The van der Waals surface area contributed by atoms with Crippen LogP contribution in [0.2, 0.25) is 0 Å². The molecule has 5 heteroatoms. The van der Waals surface area contributed by atoms with Gasteiger partial charge in [0.2, 0.25) is 5.82 Å². The van der Waals surface area contributed by atoms with Gasteiger partial charge < -0.3 is 10.3 Å². The van der Waals surface area contributed by atoms with Crippen LogP contribution >= 0.6 is 0 Å². The monoisotopic (exact) mass is 252 g/mol. The summed E-state index contributed by atoms with van der Waals surface area (Å²) in [7, 11) is 0. The van der Waals surface area contributed by atoms with Crippen LogP contribution in [0.1, 0.15) is 5.56 Å². The molecule has 0 aliphatic carbocycles. The van der Waals surface area contributed by atoms with E-state index < -0.39 is 0 Å². The molecular formula is C14H12N4O. The van der Waals surface area contributed by atoms with Gasteiger partial charge in [-0.05, 0) is 24.6 Å². The molecule has 1 aromatic carbocycles. The molecule has 0 amide bonds. The average Bonchev–Trinajstić information content (AvgIpc) is 2.89. The number of rotatable bonds is 2. The van der Waals surface area contributed by atoms with Gasteiger partial charge in [-0.3, -0.25) is 0 Å². The fraction of sp³-hybridized carbons (Fsp3) is 0.0714. The van der Waals surface area contributed by atoms with Crippen molar-refractivity contribution in [1.29, 1.82) is 0 Å². The molecule has 19 heavy (non-hydrogen) atoms. The maximum atomic E-state index is 5.64. The van der Waals surface area contributed by atoms with Gasteiger partial charge in [-0.1, -0.05) is 35.5 Å². The Bertz CT molecular complexity index is 721. The van der Waals surface area contributed by atoms with Gasteiger partial charge in [-0.15, -0.1) is 0 Å². The second-order valence-corrected chi connectivity index (χ2v) is 4.19. The van der Waals surface area contributed by atoms with E-state index in [0.717, 1.165) is 11.1 Å². The number of aromatic nitrogens is 3. The molecule has 0 radical (unpaired) electrons. The van der Waals surface area contributed by atoms with Crippen molar-refractivity contribution in [2.75, 3.05) is 5.73 Å². The minimum Gasteiger partial charge on any atom is -0.384 e. The molecule has 2 N–H and O–H groups in total. The molecule has 0 bridgehead atoms. The van der Waals surface area contributed by atoms with Gasteiger partial charge in [0.1, 0.15) is 11.5 Å². The molecule has 0 spiro atoms. The fourth-order valence-corrected chi connectivity index (χ4v) is 1.83. The smallest absolute Gasteiger partial charge is 0.276 e. The van der Waals surface area contributed by atoms with Gasteiger partial charge in [-0.25, -0.2) is 4.98 Å². The van der Waals surface area contributed by atoms with E-state index in [-0.39, 0.29) is 0 Å². The van der Waals surface area contributed by atoms with Crippen molar-refractivity contribution in [1.82, 2.24) is 15.1 Å². The number of pyridine rings is 1. The molecule has 0 aliphatic heterocycles. The highest BCUT2D eigenvalue weighted by atomic mass is 16.5. The maximum absolute atomic E-state index is 5.64. The molecule has 94 valence electrons. The average molecular weight is 252 g/mol. The zero-order chi connectivity index (χ0) is 13.2. The van der Waals surface area contributed by atoms with Gasteiger partial charge in [0, 0.05) is 5.56 Å². The number of nitrogens with two attached hydrogens (primary N) is 1. The van der Waals surface area contributed by atoms with Crippen LogP contribution in [-0.4, -0.2) is 15.1 Å². The Hall–Kier alpha value is -2.69. The summed E-state index contributed by atoms with van der Waals surface area (Å²) in [6, 6.07) is 13.2. The third kappa shape index (κ3) is 2.18. The van der Waals surface area contributed by atoms with E-state index in [1.165, 1.54) is 0 Å². The molecular weight excluding hydrogens is 240 g/mol. The minimum absolute atomic E-state index is 0.366. The van der Waals surface area contributed by atoms with Crippen LogP contribution in [-0.2, 0) is 0 Å². The van der Waals surface area contributed by atoms with E-state index in [0.29, 0.717) is 23.2 Å². The predicted molar refractivity (Wildman–Crippen MR) is 72.1 cm³/mol. The minimum atomic E-state index is 0.366. The lowest BCUT2D eigenvalue weighted by Gasteiger charge is -1.98. The van der Waals surface area contributed by atoms with Crippen molar-refractivity contribution in [2.24, 2.45) is 0 Å². The second kappa shape index (κ2) is 4.53. The zero-order valence-electron chi connectivity index (χ0n) is 10.4. The van der Waals surface area contributed by atoms with Crippen molar-refractivity contribution < 1.29 is 4.52 Å². The lowest BCUT2D eigenvalue weighted by molar-refractivity contribution is 0.431. The van der Waals surface area contributed by atoms with Crippen molar-refractivity contribution in [3.05, 3.63) is 48.0 Å². The molecule has 0 atom stereocenters. The normalized spacial score (nSPS) is 10.6. The molecule has 3 rings (SSSR count). The van der Waals surface area contributed by atoms with Crippen LogP contribution in [0.3, 0.4) is 0 Å². The van der Waals surface area contributed by atoms with Crippen molar-refractivity contribution >= 4 is 5.82 Å². The van der Waals surface area contributed by atoms with Crippen LogP contribution in [0.4, 0.5) is 5.82 Å². The Balaban J connectivity index is 2.03. The molecule has 2 heterocycles. The van der Waals surface area contributed by atoms with E-state index in [1.54, 1.807) is 18.2 Å². The van der Waals surface area contributed by atoms with Gasteiger partial charge in [-0.2, -0.15) is 4.98 Å². The van der Waals surface area contributed by atoms with Gasteiger partial charge in [0.15, 0.2) is 0 Å². The van der Waals surface area contributed by atoms with Crippen molar-refractivity contribution in [2.45, 2.75) is 6.92 Å². The highest BCUT2D eigenvalue weighted by molar-refractivity contribution is 5.61. The summed E-state index contributed by atoms with van der Waals surface area (Å²) >= 11 is 0. The Labute approximate surface area is 110 Å². The molecule has 0 saturated carbocycles. The van der Waals surface area contributed by atoms with Crippen LogP contribution in [0, 0.1) is 6.92 Å². The van der Waals surface area contributed by atoms with Crippen LogP contribution in [0.25, 0.3) is 23.0 Å². The van der Waals surface area contributed by atoms with Crippen molar-refractivity contribution in [3.8, 4) is 23.0 Å². The van der Waals surface area contributed by atoms with E-state index in [1.807, 2.05) is 31.2 Å². The number of hydrogen-bond acceptors (Lipinski definition) is 5.